The Labute approximate surface area is 262 Å². The van der Waals surface area contributed by atoms with Gasteiger partial charge in [0.2, 0.25) is 0 Å². The number of aliphatic hydroxyl groups excluding tert-OH is 1. The molecule has 0 amide bonds. The summed E-state index contributed by atoms with van der Waals surface area (Å²) < 4.78 is 5.22. The zero-order valence-corrected chi connectivity index (χ0v) is 27.0. The molecule has 3 aromatic heterocycles. The molecule has 1 fully saturated rings. The zero-order valence-electron chi connectivity index (χ0n) is 25.6. The van der Waals surface area contributed by atoms with Crippen LogP contribution in [0.25, 0.3) is 41.0 Å². The first kappa shape index (κ1) is 30.1. The van der Waals surface area contributed by atoms with Gasteiger partial charge in [-0.1, -0.05) is 63.6 Å². The summed E-state index contributed by atoms with van der Waals surface area (Å²) in [5.41, 5.74) is 9.75. The molecule has 3 N–H and O–H groups in total. The maximum Gasteiger partial charge on any atom is 2.00 e. The van der Waals surface area contributed by atoms with Gasteiger partial charge in [-0.3, -0.25) is 4.79 Å². The van der Waals surface area contributed by atoms with Crippen LogP contribution in [0.5, 0.6) is 0 Å². The summed E-state index contributed by atoms with van der Waals surface area (Å²) in [5.74, 6) is -1.05. The first-order valence-electron chi connectivity index (χ1n) is 14.5. The molecular formula is C34H38MgN4O3. The molecule has 0 saturated carbocycles. The number of aromatic nitrogens is 3. The molecule has 4 atom stereocenters. The number of nitrogens with zero attached hydrogens (tertiary/aromatic N) is 2. The molecule has 0 aromatic carbocycles. The number of carbonyl (C=O) groups is 1. The Morgan fingerprint density at radius 1 is 1.07 bits per heavy atom. The fourth-order valence-electron chi connectivity index (χ4n) is 7.25. The number of H-pyrrole nitrogens is 2. The number of esters is 1. The van der Waals surface area contributed by atoms with Crippen LogP contribution in [-0.2, 0) is 16.0 Å². The van der Waals surface area contributed by atoms with E-state index in [1.165, 1.54) is 18.2 Å². The van der Waals surface area contributed by atoms with E-state index in [4.69, 9.17) is 15.0 Å². The Morgan fingerprint density at radius 2 is 1.81 bits per heavy atom. The van der Waals surface area contributed by atoms with Crippen LogP contribution >= 0.6 is 0 Å². The minimum Gasteiger partial charge on any atom is -0.681 e. The van der Waals surface area contributed by atoms with Gasteiger partial charge in [0.15, 0.2) is 0 Å². The van der Waals surface area contributed by atoms with Crippen LogP contribution in [0, 0.1) is 38.5 Å². The Kier molecular flexibility index (Phi) is 7.92. The van der Waals surface area contributed by atoms with E-state index < -0.39 is 11.9 Å². The summed E-state index contributed by atoms with van der Waals surface area (Å²) >= 11 is 0. The average molecular weight is 575 g/mol. The summed E-state index contributed by atoms with van der Waals surface area (Å²) in [5, 5.41) is 20.3. The van der Waals surface area contributed by atoms with Gasteiger partial charge >= 0.3 is 29.0 Å². The number of carbonyl (C=O) groups excluding carboxylic acids is 1. The SMILES string of the molecule is C=Cc1c2[n-]c(c1C)/C=C1\[N-]C(C3=c4[nH]c(c(C)c4=C(O)[C@@H]3C(=O)OC)/C=c3\[nH]/c(c(C)c3CC)=C\2)[C@@H](CC)[C@@H]1C.[Mg+2]. The van der Waals surface area contributed by atoms with E-state index in [9.17, 15) is 9.90 Å². The third-order valence-corrected chi connectivity index (χ3v) is 9.62. The van der Waals surface area contributed by atoms with Crippen LogP contribution < -0.4 is 26.3 Å². The first-order valence-corrected chi connectivity index (χ1v) is 14.5. The molecule has 8 heteroatoms. The van der Waals surface area contributed by atoms with Gasteiger partial charge in [0.1, 0.15) is 11.7 Å². The number of nitrogens with one attached hydrogen (secondary N) is 2. The molecule has 5 heterocycles. The van der Waals surface area contributed by atoms with Crippen LogP contribution in [0.4, 0.5) is 0 Å². The third kappa shape index (κ3) is 4.25. The molecule has 1 aliphatic carbocycles. The van der Waals surface area contributed by atoms with Crippen molar-refractivity contribution in [3.63, 3.8) is 0 Å². The van der Waals surface area contributed by atoms with Crippen LogP contribution in [-0.4, -0.2) is 57.2 Å². The van der Waals surface area contributed by atoms with Crippen LogP contribution in [0.3, 0.4) is 0 Å². The summed E-state index contributed by atoms with van der Waals surface area (Å²) in [6.07, 6.45) is 9.92. The number of methoxy groups -OCH3 is 1. The van der Waals surface area contributed by atoms with Crippen molar-refractivity contribution in [3.8, 4) is 0 Å². The summed E-state index contributed by atoms with van der Waals surface area (Å²) in [6.45, 7) is 16.8. The van der Waals surface area contributed by atoms with Gasteiger partial charge in [0.25, 0.3) is 0 Å². The van der Waals surface area contributed by atoms with Crippen molar-refractivity contribution in [1.29, 1.82) is 0 Å². The van der Waals surface area contributed by atoms with E-state index in [1.807, 2.05) is 13.0 Å². The predicted octanol–water partition coefficient (Wildman–Crippen LogP) is 3.10. The van der Waals surface area contributed by atoms with Crippen molar-refractivity contribution < 1.29 is 14.6 Å². The molecule has 8 bridgehead atoms. The summed E-state index contributed by atoms with van der Waals surface area (Å²) in [6, 6.07) is -0.293. The van der Waals surface area contributed by atoms with Crippen LogP contribution in [0.15, 0.2) is 12.3 Å². The summed E-state index contributed by atoms with van der Waals surface area (Å²) in [7, 11) is 1.37. The molecule has 3 aromatic rings. The molecule has 2 aliphatic heterocycles. The number of hydrogen-bond donors (Lipinski definition) is 3. The van der Waals surface area contributed by atoms with E-state index in [-0.39, 0.29) is 46.7 Å². The number of hydrogen-bond acceptors (Lipinski definition) is 3. The van der Waals surface area contributed by atoms with Gasteiger partial charge in [-0.2, -0.15) is 5.70 Å². The second-order valence-corrected chi connectivity index (χ2v) is 11.5. The first-order chi connectivity index (χ1) is 19.6. The van der Waals surface area contributed by atoms with Crippen molar-refractivity contribution >= 4 is 64.7 Å². The second kappa shape index (κ2) is 11.0. The van der Waals surface area contributed by atoms with E-state index in [0.717, 1.165) is 73.9 Å². The van der Waals surface area contributed by atoms with E-state index >= 15 is 0 Å². The van der Waals surface area contributed by atoms with Crippen molar-refractivity contribution in [2.45, 2.75) is 60.4 Å². The summed E-state index contributed by atoms with van der Waals surface area (Å²) in [4.78, 5) is 25.5. The Balaban J connectivity index is 0.00000353. The van der Waals surface area contributed by atoms with E-state index in [2.05, 4.69) is 69.4 Å². The predicted molar refractivity (Wildman–Crippen MR) is 169 cm³/mol. The molecular weight excluding hydrogens is 537 g/mol. The van der Waals surface area contributed by atoms with Crippen molar-refractivity contribution in [1.82, 2.24) is 15.0 Å². The number of aliphatic hydroxyl groups is 1. The average Bonchev–Trinajstić information content (AvgIpc) is 3.69. The topological polar surface area (TPSA) is 106 Å². The number of rotatable bonds is 4. The fourth-order valence-corrected chi connectivity index (χ4v) is 7.25. The molecule has 1 saturated heterocycles. The fraction of sp³-hybridized carbons (Fsp3) is 0.382. The number of ether oxygens (including phenoxy) is 1. The molecule has 42 heavy (non-hydrogen) atoms. The van der Waals surface area contributed by atoms with Crippen molar-refractivity contribution in [3.05, 3.63) is 83.8 Å². The van der Waals surface area contributed by atoms with Gasteiger partial charge in [-0.05, 0) is 72.9 Å². The number of aromatic amines is 2. The Bertz CT molecular complexity index is 1900. The van der Waals surface area contributed by atoms with Crippen molar-refractivity contribution in [2.24, 2.45) is 17.8 Å². The maximum absolute atomic E-state index is 13.2. The maximum atomic E-state index is 13.2. The van der Waals surface area contributed by atoms with Gasteiger partial charge in [-0.25, -0.2) is 0 Å². The monoisotopic (exact) mass is 574 g/mol. The quantitative estimate of drug-likeness (QED) is 0.329. The minimum absolute atomic E-state index is 0. The van der Waals surface area contributed by atoms with Crippen LogP contribution in [0.1, 0.15) is 72.1 Å². The van der Waals surface area contributed by atoms with Gasteiger partial charge < -0.3 is 30.1 Å². The van der Waals surface area contributed by atoms with E-state index in [1.54, 1.807) is 0 Å². The standard InChI is InChI=1S/C34H38N4O3.Mg/c1-9-19-15(4)22-12-24-17(6)21(11-3)31(37-24)29-30(34(40)41-8)33(39)28-18(7)25(38-32(28)29)14-27-20(10-2)16(5)23(36-27)13-26(19)35-22;/h9,12-14,17,21,30-31,36,38-39H,1,10-11H2,2-8H3;/q-2;+2/b23-13-,24-12-,27-14-;/t17-,21-,30+,31?;/m0./s1. The zero-order chi connectivity index (χ0) is 29.3. The molecule has 6 rings (SSSR count). The van der Waals surface area contributed by atoms with Crippen molar-refractivity contribution in [2.75, 3.05) is 7.11 Å². The Morgan fingerprint density at radius 3 is 2.45 bits per heavy atom. The van der Waals surface area contributed by atoms with Gasteiger partial charge in [0, 0.05) is 27.0 Å². The second-order valence-electron chi connectivity index (χ2n) is 11.5. The molecule has 3 aliphatic rings. The number of allylic oxidation sites excluding steroid dienone is 1. The smallest absolute Gasteiger partial charge is 0.681 e. The third-order valence-electron chi connectivity index (χ3n) is 9.62. The largest absolute Gasteiger partial charge is 2.00 e. The molecule has 0 spiro atoms. The van der Waals surface area contributed by atoms with Gasteiger partial charge in [0.05, 0.1) is 7.11 Å². The molecule has 7 nitrogen and oxygen atoms in total. The Hall–Kier alpha value is -3.36. The minimum atomic E-state index is -0.889. The van der Waals surface area contributed by atoms with E-state index in [0.29, 0.717) is 5.22 Å². The molecule has 214 valence electrons. The number of fused-ring (bicyclic) bond motifs is 8. The molecule has 0 radical (unpaired) electrons. The normalized spacial score (nSPS) is 25.0. The van der Waals surface area contributed by atoms with Crippen LogP contribution in [0.2, 0.25) is 0 Å². The van der Waals surface area contributed by atoms with Gasteiger partial charge in [-0.15, -0.1) is 11.4 Å². The molecule has 1 unspecified atom stereocenters.